The van der Waals surface area contributed by atoms with Crippen LogP contribution in [0.4, 0.5) is 0 Å². The fraction of sp³-hybridized carbons (Fsp3) is 0.486. The van der Waals surface area contributed by atoms with Crippen molar-refractivity contribution >= 4 is 0 Å². The summed E-state index contributed by atoms with van der Waals surface area (Å²) in [7, 11) is 0. The number of nitrogens with one attached hydrogen (secondary N) is 1. The lowest BCUT2D eigenvalue weighted by atomic mass is 10.1. The molecule has 0 spiro atoms. The fourth-order valence-electron chi connectivity index (χ4n) is 3.82. The molecule has 3 aromatic carbocycles. The SMILES string of the molecule is CC(C)(C)Oc1cc(CCN)ccc1O.CC(C)(C)Oc1ccc(CCN)cc1O.CC(C)NCCc1ccc(O)c(O)c1. The maximum atomic E-state index is 9.72. The molecule has 0 fully saturated rings. The maximum Gasteiger partial charge on any atom is 0.161 e. The number of rotatable bonds is 10. The van der Waals surface area contributed by atoms with Gasteiger partial charge in [-0.25, -0.2) is 0 Å². The van der Waals surface area contributed by atoms with Gasteiger partial charge < -0.3 is 46.7 Å². The fourth-order valence-corrected chi connectivity index (χ4v) is 3.82. The van der Waals surface area contributed by atoms with E-state index < -0.39 is 0 Å². The Bertz CT molecular complexity index is 1270. The lowest BCUT2D eigenvalue weighted by Crippen LogP contribution is -2.24. The van der Waals surface area contributed by atoms with Crippen LogP contribution in [0.1, 0.15) is 72.1 Å². The standard InChI is InChI=1S/2C12H19NO2.C11H17NO2/c1-12(2,3)15-11-5-4-9(6-7-13)8-10(11)14;1-12(2,3)15-11-8-9(6-7-13)4-5-10(11)14;1-8(2)12-6-5-9-3-4-10(13)11(14)7-9/h2*4-5,8,14H,6-7,13H2,1-3H3;3-4,7-8,12-14H,5-6H2,1-2H3. The Hall–Kier alpha value is -3.66. The van der Waals surface area contributed by atoms with E-state index in [1.807, 2.05) is 65.8 Å². The van der Waals surface area contributed by atoms with Crippen molar-refractivity contribution in [2.45, 2.75) is 91.9 Å². The van der Waals surface area contributed by atoms with Crippen molar-refractivity contribution in [3.05, 3.63) is 71.3 Å². The zero-order chi connectivity index (χ0) is 33.5. The largest absolute Gasteiger partial charge is 0.504 e. The van der Waals surface area contributed by atoms with E-state index in [9.17, 15) is 15.3 Å². The smallest absolute Gasteiger partial charge is 0.161 e. The molecule has 0 amide bonds. The number of nitrogens with two attached hydrogens (primary N) is 2. The van der Waals surface area contributed by atoms with Gasteiger partial charge in [-0.1, -0.05) is 32.0 Å². The molecule has 0 atom stereocenters. The minimum Gasteiger partial charge on any atom is -0.504 e. The average Bonchev–Trinajstić information content (AvgIpc) is 2.89. The van der Waals surface area contributed by atoms with Gasteiger partial charge in [-0.05, 0) is 134 Å². The molecule has 0 aliphatic carbocycles. The van der Waals surface area contributed by atoms with Crippen molar-refractivity contribution in [3.63, 3.8) is 0 Å². The molecule has 3 rings (SSSR count). The van der Waals surface area contributed by atoms with Gasteiger partial charge in [0.1, 0.15) is 11.2 Å². The molecule has 0 bridgehead atoms. The lowest BCUT2D eigenvalue weighted by molar-refractivity contribution is 0.125. The summed E-state index contributed by atoms with van der Waals surface area (Å²) in [5.74, 6) is 1.27. The van der Waals surface area contributed by atoms with Gasteiger partial charge in [0.25, 0.3) is 0 Å². The molecule has 246 valence electrons. The second-order valence-electron chi connectivity index (χ2n) is 12.8. The second kappa shape index (κ2) is 18.2. The summed E-state index contributed by atoms with van der Waals surface area (Å²) in [6.45, 7) is 17.9. The highest BCUT2D eigenvalue weighted by Crippen LogP contribution is 2.31. The van der Waals surface area contributed by atoms with E-state index in [1.165, 1.54) is 6.07 Å². The van der Waals surface area contributed by atoms with Gasteiger partial charge in [0.05, 0.1) is 0 Å². The van der Waals surface area contributed by atoms with Crippen LogP contribution in [0.25, 0.3) is 0 Å². The average molecular weight is 614 g/mol. The van der Waals surface area contributed by atoms with Gasteiger partial charge in [0, 0.05) is 6.04 Å². The Morgan fingerprint density at radius 1 is 0.591 bits per heavy atom. The maximum absolute atomic E-state index is 9.72. The van der Waals surface area contributed by atoms with E-state index in [2.05, 4.69) is 19.2 Å². The molecule has 0 aromatic heterocycles. The number of hydrogen-bond acceptors (Lipinski definition) is 9. The van der Waals surface area contributed by atoms with Gasteiger partial charge in [0.2, 0.25) is 0 Å². The number of phenolic OH excluding ortho intramolecular Hbond substituents is 4. The highest BCUT2D eigenvalue weighted by atomic mass is 16.5. The quantitative estimate of drug-likeness (QED) is 0.140. The van der Waals surface area contributed by atoms with Crippen LogP contribution >= 0.6 is 0 Å². The molecule has 0 heterocycles. The van der Waals surface area contributed by atoms with Crippen molar-refractivity contribution < 1.29 is 29.9 Å². The summed E-state index contributed by atoms with van der Waals surface area (Å²) in [6, 6.07) is 16.2. The zero-order valence-corrected chi connectivity index (χ0v) is 27.8. The monoisotopic (exact) mass is 613 g/mol. The Balaban J connectivity index is 0.000000330. The van der Waals surface area contributed by atoms with Crippen molar-refractivity contribution in [2.75, 3.05) is 19.6 Å². The summed E-state index contributed by atoms with van der Waals surface area (Å²) < 4.78 is 11.2. The van der Waals surface area contributed by atoms with E-state index in [-0.39, 0.29) is 34.2 Å². The molecular weight excluding hydrogens is 558 g/mol. The van der Waals surface area contributed by atoms with Gasteiger partial charge >= 0.3 is 0 Å². The van der Waals surface area contributed by atoms with Crippen LogP contribution in [0.5, 0.6) is 34.5 Å². The Morgan fingerprint density at radius 2 is 1.05 bits per heavy atom. The first-order chi connectivity index (χ1) is 20.4. The lowest BCUT2D eigenvalue weighted by Gasteiger charge is -2.22. The van der Waals surface area contributed by atoms with Crippen molar-refractivity contribution in [3.8, 4) is 34.5 Å². The molecule has 0 aliphatic heterocycles. The van der Waals surface area contributed by atoms with E-state index in [0.29, 0.717) is 30.6 Å². The zero-order valence-electron chi connectivity index (χ0n) is 27.8. The van der Waals surface area contributed by atoms with E-state index in [0.717, 1.165) is 42.5 Å². The van der Waals surface area contributed by atoms with Gasteiger partial charge in [-0.3, -0.25) is 0 Å². The summed E-state index contributed by atoms with van der Waals surface area (Å²) in [5.41, 5.74) is 13.4. The normalized spacial score (nSPS) is 11.2. The third-order valence-corrected chi connectivity index (χ3v) is 5.75. The van der Waals surface area contributed by atoms with Crippen molar-refractivity contribution in [1.29, 1.82) is 0 Å². The van der Waals surface area contributed by atoms with Crippen LogP contribution < -0.4 is 26.3 Å². The highest BCUT2D eigenvalue weighted by Gasteiger charge is 2.15. The van der Waals surface area contributed by atoms with Gasteiger partial charge in [-0.15, -0.1) is 0 Å². The van der Waals surface area contributed by atoms with E-state index >= 15 is 0 Å². The van der Waals surface area contributed by atoms with Crippen LogP contribution in [0, 0.1) is 0 Å². The first-order valence-corrected chi connectivity index (χ1v) is 15.1. The minimum absolute atomic E-state index is 0.0490. The molecule has 0 unspecified atom stereocenters. The number of hydrogen-bond donors (Lipinski definition) is 7. The van der Waals surface area contributed by atoms with Crippen LogP contribution in [0.2, 0.25) is 0 Å². The molecule has 0 radical (unpaired) electrons. The first kappa shape index (κ1) is 38.4. The predicted octanol–water partition coefficient (Wildman–Crippen LogP) is 5.78. The summed E-state index contributed by atoms with van der Waals surface area (Å²) in [4.78, 5) is 0. The van der Waals surface area contributed by atoms with Crippen LogP contribution in [0.3, 0.4) is 0 Å². The molecule has 9 heteroatoms. The third kappa shape index (κ3) is 16.3. The predicted molar refractivity (Wildman–Crippen MR) is 179 cm³/mol. The first-order valence-electron chi connectivity index (χ1n) is 15.1. The van der Waals surface area contributed by atoms with Gasteiger partial charge in [-0.2, -0.15) is 0 Å². The summed E-state index contributed by atoms with van der Waals surface area (Å²) >= 11 is 0. The summed E-state index contributed by atoms with van der Waals surface area (Å²) in [6.07, 6.45) is 2.41. The van der Waals surface area contributed by atoms with Crippen LogP contribution in [0.15, 0.2) is 54.6 Å². The Labute approximate surface area is 263 Å². The molecule has 9 nitrogen and oxygen atoms in total. The number of ether oxygens (including phenoxy) is 2. The van der Waals surface area contributed by atoms with Crippen LogP contribution in [-0.4, -0.2) is 57.3 Å². The molecule has 44 heavy (non-hydrogen) atoms. The number of aromatic hydroxyl groups is 4. The number of benzene rings is 3. The van der Waals surface area contributed by atoms with Crippen molar-refractivity contribution in [1.82, 2.24) is 5.32 Å². The van der Waals surface area contributed by atoms with Gasteiger partial charge in [0.15, 0.2) is 34.5 Å². The molecule has 0 saturated carbocycles. The molecule has 0 saturated heterocycles. The Kier molecular flexibility index (Phi) is 15.9. The van der Waals surface area contributed by atoms with Crippen molar-refractivity contribution in [2.24, 2.45) is 11.5 Å². The van der Waals surface area contributed by atoms with E-state index in [1.54, 1.807) is 24.3 Å². The Morgan fingerprint density at radius 3 is 1.52 bits per heavy atom. The number of phenols is 4. The van der Waals surface area contributed by atoms with Crippen LogP contribution in [-0.2, 0) is 19.3 Å². The minimum atomic E-state index is -0.307. The second-order valence-corrected chi connectivity index (χ2v) is 12.8. The molecule has 3 aromatic rings. The molecular formula is C35H55N3O6. The molecule has 9 N–H and O–H groups in total. The third-order valence-electron chi connectivity index (χ3n) is 5.75. The molecule has 0 aliphatic rings. The highest BCUT2D eigenvalue weighted by molar-refractivity contribution is 5.43. The summed E-state index contributed by atoms with van der Waals surface area (Å²) in [5, 5.41) is 40.9. The topological polar surface area (TPSA) is 163 Å². The van der Waals surface area contributed by atoms with E-state index in [4.69, 9.17) is 26.0 Å².